The minimum absolute atomic E-state index is 0.211. The van der Waals surface area contributed by atoms with E-state index in [1.807, 2.05) is 6.26 Å². The second-order valence-electron chi connectivity index (χ2n) is 6.55. The van der Waals surface area contributed by atoms with Gasteiger partial charge in [0.05, 0.1) is 12.6 Å². The zero-order valence-corrected chi connectivity index (χ0v) is 17.7. The molecular weight excluding hydrogens is 402 g/mol. The molecule has 0 aromatic carbocycles. The molecule has 0 radical (unpaired) electrons. The lowest BCUT2D eigenvalue weighted by molar-refractivity contribution is -0.142. The van der Waals surface area contributed by atoms with Crippen LogP contribution in [-0.4, -0.2) is 83.2 Å². The smallest absolute Gasteiger partial charge is 0.326 e. The Labute approximate surface area is 174 Å². The van der Waals surface area contributed by atoms with Crippen LogP contribution in [0.1, 0.15) is 32.6 Å². The fraction of sp³-hybridized carbons (Fsp3) is 0.765. The van der Waals surface area contributed by atoms with Crippen LogP contribution in [0.5, 0.6) is 0 Å². The van der Waals surface area contributed by atoms with E-state index in [1.54, 1.807) is 0 Å². The fourth-order valence-corrected chi connectivity index (χ4v) is 2.76. The predicted molar refractivity (Wildman–Crippen MR) is 110 cm³/mol. The SMILES string of the molecule is CSCCC(N)C(=O)NC(CO)C(=O)NC(C)C(=O)NC(CCCCN)C(=O)O. The number of thioether (sulfide) groups is 1. The number of carboxylic acids is 1. The summed E-state index contributed by atoms with van der Waals surface area (Å²) in [5.41, 5.74) is 11.1. The highest BCUT2D eigenvalue weighted by Crippen LogP contribution is 2.02. The van der Waals surface area contributed by atoms with Crippen LogP contribution in [0.25, 0.3) is 0 Å². The highest BCUT2D eigenvalue weighted by molar-refractivity contribution is 7.98. The molecule has 0 aliphatic carbocycles. The van der Waals surface area contributed by atoms with E-state index in [0.717, 1.165) is 0 Å². The highest BCUT2D eigenvalue weighted by Gasteiger charge is 2.27. The van der Waals surface area contributed by atoms with Crippen molar-refractivity contribution in [3.63, 3.8) is 0 Å². The van der Waals surface area contributed by atoms with Gasteiger partial charge >= 0.3 is 5.97 Å². The number of carbonyl (C=O) groups excluding carboxylic acids is 3. The summed E-state index contributed by atoms with van der Waals surface area (Å²) in [4.78, 5) is 47.7. The molecule has 0 bridgehead atoms. The van der Waals surface area contributed by atoms with E-state index >= 15 is 0 Å². The summed E-state index contributed by atoms with van der Waals surface area (Å²) in [5.74, 6) is -2.59. The lowest BCUT2D eigenvalue weighted by atomic mass is 10.1. The molecule has 0 aromatic rings. The van der Waals surface area contributed by atoms with Gasteiger partial charge in [0.2, 0.25) is 17.7 Å². The van der Waals surface area contributed by atoms with Crippen LogP contribution in [-0.2, 0) is 19.2 Å². The van der Waals surface area contributed by atoms with Crippen LogP contribution in [0.4, 0.5) is 0 Å². The first-order valence-electron chi connectivity index (χ1n) is 9.37. The Balaban J connectivity index is 4.70. The van der Waals surface area contributed by atoms with Crippen LogP contribution in [0.2, 0.25) is 0 Å². The number of hydrogen-bond acceptors (Lipinski definition) is 8. The summed E-state index contributed by atoms with van der Waals surface area (Å²) < 4.78 is 0. The largest absolute Gasteiger partial charge is 0.480 e. The highest BCUT2D eigenvalue weighted by atomic mass is 32.2. The molecule has 0 rings (SSSR count). The molecule has 0 aliphatic rings. The molecule has 9 N–H and O–H groups in total. The maximum Gasteiger partial charge on any atom is 0.326 e. The van der Waals surface area contributed by atoms with E-state index in [-0.39, 0.29) is 6.42 Å². The van der Waals surface area contributed by atoms with Gasteiger partial charge in [-0.25, -0.2) is 4.79 Å². The Kier molecular flexibility index (Phi) is 14.0. The van der Waals surface area contributed by atoms with Crippen LogP contribution in [0, 0.1) is 0 Å². The van der Waals surface area contributed by atoms with Crippen molar-refractivity contribution >= 4 is 35.5 Å². The Bertz CT molecular complexity index is 550. The summed E-state index contributed by atoms with van der Waals surface area (Å²) in [6.45, 7) is 1.10. The number of hydrogen-bond donors (Lipinski definition) is 7. The zero-order chi connectivity index (χ0) is 22.4. The van der Waals surface area contributed by atoms with Crippen LogP contribution in [0.3, 0.4) is 0 Å². The Morgan fingerprint density at radius 1 is 0.966 bits per heavy atom. The van der Waals surface area contributed by atoms with E-state index in [9.17, 15) is 29.4 Å². The first-order valence-corrected chi connectivity index (χ1v) is 10.8. The topological polar surface area (TPSA) is 197 Å². The van der Waals surface area contributed by atoms with Gasteiger partial charge in [-0.15, -0.1) is 0 Å². The average molecular weight is 436 g/mol. The number of aliphatic carboxylic acids is 1. The Morgan fingerprint density at radius 2 is 1.59 bits per heavy atom. The molecule has 3 amide bonds. The summed E-state index contributed by atoms with van der Waals surface area (Å²) >= 11 is 1.52. The Hall–Kier alpha value is -1.89. The van der Waals surface area contributed by atoms with Gasteiger partial charge in [0.1, 0.15) is 18.1 Å². The molecule has 0 aliphatic heterocycles. The summed E-state index contributed by atoms with van der Waals surface area (Å²) in [5, 5.41) is 25.6. The van der Waals surface area contributed by atoms with Crippen molar-refractivity contribution in [1.82, 2.24) is 16.0 Å². The minimum atomic E-state index is -1.28. The lowest BCUT2D eigenvalue weighted by Crippen LogP contribution is -2.57. The maximum atomic E-state index is 12.3. The standard InChI is InChI=1S/C17H33N5O6S/c1-10(14(24)21-12(17(27)28)5-3-4-7-18)20-16(26)13(9-23)22-15(25)11(19)6-8-29-2/h10-13,23H,3-9,18-19H2,1-2H3,(H,20,26)(H,21,24)(H,22,25)(H,27,28). The average Bonchev–Trinajstić information content (AvgIpc) is 2.68. The van der Waals surface area contributed by atoms with Gasteiger partial charge in [0.25, 0.3) is 0 Å². The third-order valence-electron chi connectivity index (χ3n) is 4.10. The third kappa shape index (κ3) is 11.0. The van der Waals surface area contributed by atoms with E-state index in [2.05, 4.69) is 16.0 Å². The quantitative estimate of drug-likeness (QED) is 0.139. The van der Waals surface area contributed by atoms with Gasteiger partial charge in [-0.05, 0) is 51.2 Å². The number of carbonyl (C=O) groups is 4. The van der Waals surface area contributed by atoms with Crippen molar-refractivity contribution in [2.75, 3.05) is 25.2 Å². The van der Waals surface area contributed by atoms with Crippen LogP contribution >= 0.6 is 11.8 Å². The van der Waals surface area contributed by atoms with Crippen molar-refractivity contribution in [3.05, 3.63) is 0 Å². The van der Waals surface area contributed by atoms with Crippen molar-refractivity contribution in [2.24, 2.45) is 11.5 Å². The molecular formula is C17H33N5O6S. The first kappa shape index (κ1) is 27.1. The number of aliphatic hydroxyl groups is 1. The molecule has 0 saturated carbocycles. The molecule has 168 valence electrons. The molecule has 11 nitrogen and oxygen atoms in total. The van der Waals surface area contributed by atoms with E-state index < -0.39 is 54.5 Å². The zero-order valence-electron chi connectivity index (χ0n) is 16.8. The second-order valence-corrected chi connectivity index (χ2v) is 7.53. The minimum Gasteiger partial charge on any atom is -0.480 e. The molecule has 0 spiro atoms. The van der Waals surface area contributed by atoms with Gasteiger partial charge < -0.3 is 37.6 Å². The summed E-state index contributed by atoms with van der Waals surface area (Å²) in [7, 11) is 0. The lowest BCUT2D eigenvalue weighted by Gasteiger charge is -2.22. The van der Waals surface area contributed by atoms with Gasteiger partial charge in [0.15, 0.2) is 0 Å². The monoisotopic (exact) mass is 435 g/mol. The summed E-state index contributed by atoms with van der Waals surface area (Å²) in [6.07, 6.45) is 3.65. The number of nitrogens with two attached hydrogens (primary N) is 2. The molecule has 0 heterocycles. The summed E-state index contributed by atoms with van der Waals surface area (Å²) in [6, 6.07) is -4.28. The van der Waals surface area contributed by atoms with Gasteiger partial charge in [-0.3, -0.25) is 14.4 Å². The second kappa shape index (κ2) is 15.0. The van der Waals surface area contributed by atoms with Gasteiger partial charge in [-0.2, -0.15) is 11.8 Å². The van der Waals surface area contributed by atoms with E-state index in [1.165, 1.54) is 18.7 Å². The van der Waals surface area contributed by atoms with E-state index in [0.29, 0.717) is 31.6 Å². The van der Waals surface area contributed by atoms with Crippen molar-refractivity contribution in [1.29, 1.82) is 0 Å². The molecule has 4 atom stereocenters. The molecule has 0 aromatic heterocycles. The molecule has 0 saturated heterocycles. The number of nitrogens with one attached hydrogen (secondary N) is 3. The number of carboxylic acid groups (broad SMARTS) is 1. The van der Waals surface area contributed by atoms with Gasteiger partial charge in [-0.1, -0.05) is 0 Å². The van der Waals surface area contributed by atoms with Crippen molar-refractivity contribution < 1.29 is 29.4 Å². The number of amides is 3. The van der Waals surface area contributed by atoms with Crippen molar-refractivity contribution in [2.45, 2.75) is 56.8 Å². The van der Waals surface area contributed by atoms with Gasteiger partial charge in [0, 0.05) is 0 Å². The normalized spacial score (nSPS) is 14.9. The maximum absolute atomic E-state index is 12.3. The Morgan fingerprint density at radius 3 is 2.10 bits per heavy atom. The number of rotatable bonds is 15. The molecule has 4 unspecified atom stereocenters. The van der Waals surface area contributed by atoms with E-state index in [4.69, 9.17) is 11.5 Å². The molecule has 0 fully saturated rings. The molecule has 12 heteroatoms. The predicted octanol–water partition coefficient (Wildman–Crippen LogP) is -2.25. The number of aliphatic hydroxyl groups excluding tert-OH is 1. The third-order valence-corrected chi connectivity index (χ3v) is 4.74. The fourth-order valence-electron chi connectivity index (χ4n) is 2.28. The van der Waals surface area contributed by atoms with Crippen LogP contribution < -0.4 is 27.4 Å². The number of unbranched alkanes of at least 4 members (excludes halogenated alkanes) is 1. The van der Waals surface area contributed by atoms with Crippen LogP contribution in [0.15, 0.2) is 0 Å². The molecule has 29 heavy (non-hydrogen) atoms. The first-order chi connectivity index (χ1) is 13.7. The van der Waals surface area contributed by atoms with Crippen molar-refractivity contribution in [3.8, 4) is 0 Å².